The minimum absolute atomic E-state index is 0.0250. The molecule has 0 saturated heterocycles. The van der Waals surface area contributed by atoms with Gasteiger partial charge in [0.2, 0.25) is 5.82 Å². The molecule has 0 heterocycles. The van der Waals surface area contributed by atoms with Crippen molar-refractivity contribution in [2.45, 2.75) is 38.1 Å². The monoisotopic (exact) mass is 333 g/mol. The van der Waals surface area contributed by atoms with Crippen LogP contribution in [-0.2, 0) is 0 Å². The van der Waals surface area contributed by atoms with Crippen molar-refractivity contribution in [3.63, 3.8) is 0 Å². The van der Waals surface area contributed by atoms with Gasteiger partial charge in [-0.1, -0.05) is 15.9 Å². The number of unbranched alkanes of at least 4 members (excludes halogenated alkanes) is 2. The van der Waals surface area contributed by atoms with Crippen LogP contribution in [0.25, 0.3) is 0 Å². The predicted molar refractivity (Wildman–Crippen MR) is 74.4 cm³/mol. The van der Waals surface area contributed by atoms with Crippen molar-refractivity contribution < 1.29 is 13.5 Å². The Morgan fingerprint density at radius 2 is 2.00 bits per heavy atom. The van der Waals surface area contributed by atoms with E-state index in [1.54, 1.807) is 0 Å². The fourth-order valence-corrected chi connectivity index (χ4v) is 2.23. The molecule has 1 fully saturated rings. The molecule has 5 heteroatoms. The van der Waals surface area contributed by atoms with E-state index in [1.807, 2.05) is 0 Å². The van der Waals surface area contributed by atoms with Crippen LogP contribution in [0.4, 0.5) is 8.78 Å². The summed E-state index contributed by atoms with van der Waals surface area (Å²) < 4.78 is 32.2. The molecule has 1 aliphatic carbocycles. The maximum absolute atomic E-state index is 13.4. The van der Waals surface area contributed by atoms with E-state index in [0.717, 1.165) is 37.9 Å². The molecule has 0 unspecified atom stereocenters. The van der Waals surface area contributed by atoms with Crippen molar-refractivity contribution in [2.24, 2.45) is 0 Å². The summed E-state index contributed by atoms with van der Waals surface area (Å²) in [6, 6.07) is 3.29. The Hall–Kier alpha value is -0.680. The van der Waals surface area contributed by atoms with E-state index < -0.39 is 11.6 Å². The van der Waals surface area contributed by atoms with Crippen molar-refractivity contribution in [1.29, 1.82) is 0 Å². The van der Waals surface area contributed by atoms with Gasteiger partial charge < -0.3 is 10.1 Å². The fourth-order valence-electron chi connectivity index (χ4n) is 1.82. The lowest BCUT2D eigenvalue weighted by molar-refractivity contribution is 0.285. The summed E-state index contributed by atoms with van der Waals surface area (Å²) in [4.78, 5) is 0. The van der Waals surface area contributed by atoms with Gasteiger partial charge in [0.25, 0.3) is 0 Å². The molecule has 1 N–H and O–H groups in total. The van der Waals surface area contributed by atoms with Crippen LogP contribution in [0.15, 0.2) is 16.6 Å². The number of nitrogens with one attached hydrogen (secondary N) is 1. The second-order valence-electron chi connectivity index (χ2n) is 4.84. The molecule has 0 radical (unpaired) electrons. The smallest absolute Gasteiger partial charge is 0.200 e. The first-order valence-electron chi connectivity index (χ1n) is 6.67. The van der Waals surface area contributed by atoms with E-state index in [0.29, 0.717) is 11.1 Å². The lowest BCUT2D eigenvalue weighted by Gasteiger charge is -2.08. The van der Waals surface area contributed by atoms with E-state index in [9.17, 15) is 8.78 Å². The van der Waals surface area contributed by atoms with E-state index in [4.69, 9.17) is 4.74 Å². The summed E-state index contributed by atoms with van der Waals surface area (Å²) in [5.41, 5.74) is 0. The molecular formula is C14H18BrF2NO. The lowest BCUT2D eigenvalue weighted by Crippen LogP contribution is -2.17. The standard InChI is InChI=1S/C14H18BrF2NO/c15-10-8-12(16)14(17)13(9-10)19-7-3-1-2-6-18-11-4-5-11/h8-9,11,18H,1-7H2. The largest absolute Gasteiger partial charge is 0.490 e. The maximum Gasteiger partial charge on any atom is 0.200 e. The Kier molecular flexibility index (Phi) is 5.58. The molecule has 1 aromatic rings. The van der Waals surface area contributed by atoms with Crippen LogP contribution in [0.5, 0.6) is 5.75 Å². The predicted octanol–water partition coefficient (Wildman–Crippen LogP) is 4.03. The van der Waals surface area contributed by atoms with Crippen molar-refractivity contribution in [1.82, 2.24) is 5.32 Å². The van der Waals surface area contributed by atoms with E-state index >= 15 is 0 Å². The number of halogens is 3. The highest BCUT2D eigenvalue weighted by Gasteiger charge is 2.19. The molecule has 2 rings (SSSR count). The van der Waals surface area contributed by atoms with Gasteiger partial charge in [0.1, 0.15) is 0 Å². The normalized spacial score (nSPS) is 14.7. The summed E-state index contributed by atoms with van der Waals surface area (Å²) in [7, 11) is 0. The molecule has 106 valence electrons. The van der Waals surface area contributed by atoms with Gasteiger partial charge in [-0.15, -0.1) is 0 Å². The summed E-state index contributed by atoms with van der Waals surface area (Å²) in [6.45, 7) is 1.45. The Morgan fingerprint density at radius 1 is 1.21 bits per heavy atom. The number of rotatable bonds is 8. The van der Waals surface area contributed by atoms with Crippen LogP contribution in [0.1, 0.15) is 32.1 Å². The van der Waals surface area contributed by atoms with Crippen molar-refractivity contribution in [2.75, 3.05) is 13.2 Å². The second kappa shape index (κ2) is 7.20. The van der Waals surface area contributed by atoms with E-state index in [-0.39, 0.29) is 5.75 Å². The van der Waals surface area contributed by atoms with Gasteiger partial charge in [0.15, 0.2) is 11.6 Å². The van der Waals surface area contributed by atoms with Crippen molar-refractivity contribution in [3.05, 3.63) is 28.2 Å². The van der Waals surface area contributed by atoms with Gasteiger partial charge in [-0.25, -0.2) is 4.39 Å². The summed E-state index contributed by atoms with van der Waals surface area (Å²) >= 11 is 3.11. The first-order chi connectivity index (χ1) is 9.16. The van der Waals surface area contributed by atoms with Crippen molar-refractivity contribution >= 4 is 15.9 Å². The summed E-state index contributed by atoms with van der Waals surface area (Å²) in [5, 5.41) is 3.43. The highest BCUT2D eigenvalue weighted by Crippen LogP contribution is 2.25. The maximum atomic E-state index is 13.4. The number of benzene rings is 1. The van der Waals surface area contributed by atoms with Gasteiger partial charge >= 0.3 is 0 Å². The molecular weight excluding hydrogens is 316 g/mol. The molecule has 2 nitrogen and oxygen atoms in total. The van der Waals surface area contributed by atoms with Gasteiger partial charge in [0.05, 0.1) is 6.61 Å². The Balaban J connectivity index is 1.61. The quantitative estimate of drug-likeness (QED) is 0.573. The zero-order valence-corrected chi connectivity index (χ0v) is 12.3. The first kappa shape index (κ1) is 14.7. The van der Waals surface area contributed by atoms with Crippen LogP contribution in [-0.4, -0.2) is 19.2 Å². The molecule has 0 spiro atoms. The Morgan fingerprint density at radius 3 is 2.74 bits per heavy atom. The lowest BCUT2D eigenvalue weighted by atomic mass is 10.2. The van der Waals surface area contributed by atoms with Crippen molar-refractivity contribution in [3.8, 4) is 5.75 Å². The molecule has 0 atom stereocenters. The minimum Gasteiger partial charge on any atom is -0.490 e. The average molecular weight is 334 g/mol. The number of hydrogen-bond acceptors (Lipinski definition) is 2. The molecule has 0 aromatic heterocycles. The second-order valence-corrected chi connectivity index (χ2v) is 5.75. The molecule has 0 aliphatic heterocycles. The molecule has 1 aromatic carbocycles. The fraction of sp³-hybridized carbons (Fsp3) is 0.571. The van der Waals surface area contributed by atoms with Crippen LogP contribution in [0, 0.1) is 11.6 Å². The molecule has 0 amide bonds. The van der Waals surface area contributed by atoms with E-state index in [2.05, 4.69) is 21.2 Å². The third-order valence-corrected chi connectivity index (χ3v) is 3.51. The van der Waals surface area contributed by atoms with Crippen LogP contribution < -0.4 is 10.1 Å². The van der Waals surface area contributed by atoms with Gasteiger partial charge in [-0.05, 0) is 50.8 Å². The number of ether oxygens (including phenoxy) is 1. The van der Waals surface area contributed by atoms with Gasteiger partial charge in [-0.3, -0.25) is 0 Å². The highest BCUT2D eigenvalue weighted by molar-refractivity contribution is 9.10. The first-order valence-corrected chi connectivity index (χ1v) is 7.47. The average Bonchev–Trinajstić information content (AvgIpc) is 3.17. The minimum atomic E-state index is -0.918. The third kappa shape index (κ3) is 5.07. The van der Waals surface area contributed by atoms with Crippen LogP contribution in [0.2, 0.25) is 0 Å². The summed E-state index contributed by atoms with van der Waals surface area (Å²) in [6.07, 6.45) is 5.57. The summed E-state index contributed by atoms with van der Waals surface area (Å²) in [5.74, 6) is -1.83. The van der Waals surface area contributed by atoms with Crippen LogP contribution >= 0.6 is 15.9 Å². The van der Waals surface area contributed by atoms with E-state index in [1.165, 1.54) is 18.9 Å². The number of hydrogen-bond donors (Lipinski definition) is 1. The zero-order chi connectivity index (χ0) is 13.7. The van der Waals surface area contributed by atoms with Gasteiger partial charge in [0, 0.05) is 10.5 Å². The third-order valence-electron chi connectivity index (χ3n) is 3.05. The zero-order valence-electron chi connectivity index (χ0n) is 10.7. The highest BCUT2D eigenvalue weighted by atomic mass is 79.9. The SMILES string of the molecule is Fc1cc(Br)cc(OCCCCCNC2CC2)c1F. The van der Waals surface area contributed by atoms with Crippen LogP contribution in [0.3, 0.4) is 0 Å². The molecule has 19 heavy (non-hydrogen) atoms. The van der Waals surface area contributed by atoms with Gasteiger partial charge in [-0.2, -0.15) is 4.39 Å². The topological polar surface area (TPSA) is 21.3 Å². The molecule has 1 aliphatic rings. The Bertz CT molecular complexity index is 424. The Labute approximate surface area is 120 Å². The molecule has 0 bridgehead atoms. The molecule has 1 saturated carbocycles.